The van der Waals surface area contributed by atoms with Gasteiger partial charge < -0.3 is 4.98 Å². The number of benzene rings is 1. The van der Waals surface area contributed by atoms with Gasteiger partial charge in [-0.2, -0.15) is 4.31 Å². The van der Waals surface area contributed by atoms with Crippen molar-refractivity contribution < 1.29 is 8.42 Å². The molecule has 2 N–H and O–H groups in total. The fraction of sp³-hybridized carbons (Fsp3) is 0.500. The molecule has 4 atom stereocenters. The minimum absolute atomic E-state index is 0.119. The molecular formula is C16H17N3O4S. The minimum atomic E-state index is -3.61. The van der Waals surface area contributed by atoms with Crippen molar-refractivity contribution in [1.29, 1.82) is 0 Å². The Labute approximate surface area is 137 Å². The molecule has 0 amide bonds. The van der Waals surface area contributed by atoms with Crippen LogP contribution in [0.1, 0.15) is 19.3 Å². The van der Waals surface area contributed by atoms with Crippen LogP contribution in [0.5, 0.6) is 0 Å². The van der Waals surface area contributed by atoms with Crippen molar-refractivity contribution >= 4 is 20.9 Å². The molecule has 24 heavy (non-hydrogen) atoms. The van der Waals surface area contributed by atoms with Gasteiger partial charge in [-0.1, -0.05) is 0 Å². The number of hydrogen-bond acceptors (Lipinski definition) is 4. The zero-order chi connectivity index (χ0) is 16.6. The lowest BCUT2D eigenvalue weighted by Crippen LogP contribution is -2.60. The van der Waals surface area contributed by atoms with E-state index in [0.717, 1.165) is 12.8 Å². The number of aromatic nitrogens is 2. The second-order valence-corrected chi connectivity index (χ2v) is 9.07. The van der Waals surface area contributed by atoms with Crippen LogP contribution in [-0.4, -0.2) is 35.3 Å². The Morgan fingerprint density at radius 2 is 1.88 bits per heavy atom. The Bertz CT molecular complexity index is 1070. The maximum Gasteiger partial charge on any atom is 0.326 e. The molecule has 3 fully saturated rings. The van der Waals surface area contributed by atoms with Crippen LogP contribution in [0.25, 0.3) is 10.9 Å². The van der Waals surface area contributed by atoms with E-state index in [4.69, 9.17) is 0 Å². The molecule has 2 heterocycles. The first-order chi connectivity index (χ1) is 11.4. The molecule has 3 aliphatic rings. The van der Waals surface area contributed by atoms with Crippen LogP contribution in [0, 0.1) is 17.8 Å². The van der Waals surface area contributed by atoms with Crippen molar-refractivity contribution in [2.24, 2.45) is 17.8 Å². The van der Waals surface area contributed by atoms with Gasteiger partial charge >= 0.3 is 5.69 Å². The van der Waals surface area contributed by atoms with Gasteiger partial charge in [-0.25, -0.2) is 13.2 Å². The van der Waals surface area contributed by atoms with E-state index in [1.807, 2.05) is 0 Å². The van der Waals surface area contributed by atoms with E-state index < -0.39 is 21.3 Å². The van der Waals surface area contributed by atoms with Crippen molar-refractivity contribution in [3.8, 4) is 0 Å². The highest BCUT2D eigenvalue weighted by Gasteiger charge is 2.59. The quantitative estimate of drug-likeness (QED) is 0.832. The van der Waals surface area contributed by atoms with E-state index in [-0.39, 0.29) is 16.3 Å². The summed E-state index contributed by atoms with van der Waals surface area (Å²) in [6, 6.07) is 4.45. The van der Waals surface area contributed by atoms with Crippen molar-refractivity contribution in [2.75, 3.05) is 6.54 Å². The maximum atomic E-state index is 13.0. The third-order valence-electron chi connectivity index (χ3n) is 6.08. The molecule has 1 aromatic heterocycles. The predicted molar refractivity (Wildman–Crippen MR) is 87.2 cm³/mol. The summed E-state index contributed by atoms with van der Waals surface area (Å²) in [4.78, 5) is 28.0. The molecule has 126 valence electrons. The van der Waals surface area contributed by atoms with E-state index in [0.29, 0.717) is 29.8 Å². The van der Waals surface area contributed by atoms with E-state index in [9.17, 15) is 18.0 Å². The average Bonchev–Trinajstić information content (AvgIpc) is 3.02. The Balaban J connectivity index is 1.57. The van der Waals surface area contributed by atoms with Gasteiger partial charge in [0.1, 0.15) is 0 Å². The lowest BCUT2D eigenvalue weighted by Gasteiger charge is -2.49. The lowest BCUT2D eigenvalue weighted by atomic mass is 9.79. The molecule has 2 aliphatic carbocycles. The summed E-state index contributed by atoms with van der Waals surface area (Å²) in [5, 5.41) is 0.181. The zero-order valence-electron chi connectivity index (χ0n) is 12.9. The van der Waals surface area contributed by atoms with Crippen molar-refractivity contribution in [3.63, 3.8) is 0 Å². The number of H-pyrrole nitrogens is 2. The second-order valence-electron chi connectivity index (χ2n) is 7.18. The van der Waals surface area contributed by atoms with Gasteiger partial charge in [0.25, 0.3) is 5.56 Å². The first-order valence-electron chi connectivity index (χ1n) is 8.23. The molecule has 0 unspecified atom stereocenters. The number of sulfonamides is 1. The number of nitrogens with one attached hydrogen (secondary N) is 2. The van der Waals surface area contributed by atoms with Crippen LogP contribution >= 0.6 is 0 Å². The minimum Gasteiger partial charge on any atom is -0.307 e. The highest BCUT2D eigenvalue weighted by Crippen LogP contribution is 2.56. The second kappa shape index (κ2) is 4.58. The van der Waals surface area contributed by atoms with Crippen LogP contribution < -0.4 is 11.2 Å². The van der Waals surface area contributed by atoms with Gasteiger partial charge in [-0.05, 0) is 55.2 Å². The molecule has 1 aliphatic heterocycles. The topological polar surface area (TPSA) is 103 Å². The van der Waals surface area contributed by atoms with Gasteiger partial charge in [0.15, 0.2) is 0 Å². The summed E-state index contributed by atoms with van der Waals surface area (Å²) in [6.45, 7) is 0.591. The fourth-order valence-electron chi connectivity index (χ4n) is 4.98. The van der Waals surface area contributed by atoms with Crippen LogP contribution in [-0.2, 0) is 10.0 Å². The number of nitrogens with zero attached hydrogens (tertiary/aromatic N) is 1. The Morgan fingerprint density at radius 1 is 1.08 bits per heavy atom. The fourth-order valence-corrected chi connectivity index (χ4v) is 6.77. The van der Waals surface area contributed by atoms with E-state index >= 15 is 0 Å². The number of hydrogen-bond donors (Lipinski definition) is 2. The molecule has 5 rings (SSSR count). The molecule has 8 heteroatoms. The summed E-state index contributed by atoms with van der Waals surface area (Å²) >= 11 is 0. The van der Waals surface area contributed by atoms with Crippen LogP contribution in [0.15, 0.2) is 32.7 Å². The van der Waals surface area contributed by atoms with Gasteiger partial charge in [0.2, 0.25) is 10.0 Å². The molecule has 2 aromatic rings. The SMILES string of the molecule is O=c1[nH]c(=O)c2cc(S(=O)(=O)N3C[C@H]4[C@H]5CC[C@@H](C5)[C@H]43)ccc2[nH]1. The maximum absolute atomic E-state index is 13.0. The van der Waals surface area contributed by atoms with E-state index in [1.54, 1.807) is 4.31 Å². The Kier molecular flexibility index (Phi) is 2.75. The van der Waals surface area contributed by atoms with E-state index in [1.165, 1.54) is 24.6 Å². The number of aromatic amines is 2. The molecule has 2 bridgehead atoms. The van der Waals surface area contributed by atoms with E-state index in [2.05, 4.69) is 9.97 Å². The highest BCUT2D eigenvalue weighted by atomic mass is 32.2. The first kappa shape index (κ1) is 14.4. The first-order valence-corrected chi connectivity index (χ1v) is 9.67. The summed E-state index contributed by atoms with van der Waals surface area (Å²) < 4.78 is 27.6. The van der Waals surface area contributed by atoms with Crippen molar-refractivity contribution in [3.05, 3.63) is 39.0 Å². The third kappa shape index (κ3) is 1.78. The van der Waals surface area contributed by atoms with Crippen LogP contribution in [0.2, 0.25) is 0 Å². The summed E-state index contributed by atoms with van der Waals surface area (Å²) in [6.07, 6.45) is 3.51. The third-order valence-corrected chi connectivity index (χ3v) is 7.94. The number of fused-ring (bicyclic) bond motifs is 6. The molecule has 0 spiro atoms. The normalized spacial score (nSPS) is 32.0. The summed E-state index contributed by atoms with van der Waals surface area (Å²) in [5.41, 5.74) is -0.841. The lowest BCUT2D eigenvalue weighted by molar-refractivity contribution is 0.0507. The predicted octanol–water partition coefficient (Wildman–Crippen LogP) is 0.635. The van der Waals surface area contributed by atoms with Gasteiger partial charge in [0, 0.05) is 12.6 Å². The molecule has 2 saturated carbocycles. The van der Waals surface area contributed by atoms with Crippen molar-refractivity contribution in [1.82, 2.24) is 14.3 Å². The van der Waals surface area contributed by atoms with Gasteiger partial charge in [0.05, 0.1) is 15.8 Å². The Morgan fingerprint density at radius 3 is 2.67 bits per heavy atom. The summed E-state index contributed by atoms with van der Waals surface area (Å²) in [7, 11) is -3.61. The largest absolute Gasteiger partial charge is 0.326 e. The summed E-state index contributed by atoms with van der Waals surface area (Å²) in [5.74, 6) is 1.69. The zero-order valence-corrected chi connectivity index (χ0v) is 13.7. The smallest absolute Gasteiger partial charge is 0.307 e. The molecule has 1 aromatic carbocycles. The van der Waals surface area contributed by atoms with Crippen molar-refractivity contribution in [2.45, 2.75) is 30.2 Å². The monoisotopic (exact) mass is 347 g/mol. The van der Waals surface area contributed by atoms with Gasteiger partial charge in [-0.3, -0.25) is 9.78 Å². The Hall–Kier alpha value is -1.93. The molecular weight excluding hydrogens is 330 g/mol. The average molecular weight is 347 g/mol. The van der Waals surface area contributed by atoms with Crippen LogP contribution in [0.4, 0.5) is 0 Å². The van der Waals surface area contributed by atoms with Gasteiger partial charge in [-0.15, -0.1) is 0 Å². The molecule has 0 radical (unpaired) electrons. The standard InChI is InChI=1S/C16H17N3O4S/c20-15-11-6-10(3-4-13(11)17-16(21)18-15)24(22,23)19-7-12-8-1-2-9(5-8)14(12)19/h3-4,6,8-9,12,14H,1-2,5,7H2,(H2,17,18,20,21)/t8-,9-,12-,14+/m0/s1. The highest BCUT2D eigenvalue weighted by molar-refractivity contribution is 7.89. The van der Waals surface area contributed by atoms with Crippen LogP contribution in [0.3, 0.4) is 0 Å². The molecule has 1 saturated heterocycles. The molecule has 7 nitrogen and oxygen atoms in total. The number of rotatable bonds is 2.